The van der Waals surface area contributed by atoms with E-state index in [9.17, 15) is 0 Å². The molecule has 0 heterocycles. The van der Waals surface area contributed by atoms with Crippen molar-refractivity contribution in [2.24, 2.45) is 0 Å². The number of rotatable bonds is 7. The molecule has 0 aliphatic rings. The molecule has 2 nitrogen and oxygen atoms in total. The van der Waals surface area contributed by atoms with Gasteiger partial charge in [-0.15, -0.1) is 0 Å². The van der Waals surface area contributed by atoms with Gasteiger partial charge < -0.3 is 9.47 Å². The monoisotopic (exact) mass is 224 g/mol. The predicted octanol–water partition coefficient (Wildman–Crippen LogP) is 2.56. The molecule has 0 saturated carbocycles. The first kappa shape index (κ1) is 11.4. The standard InChI is InChI=1S/C8H17BrO2/c1-3-4-6-10-8(2)11-7-5-9/h8H,3-7H2,1-2H3. The Morgan fingerprint density at radius 1 is 1.27 bits per heavy atom. The summed E-state index contributed by atoms with van der Waals surface area (Å²) in [6.07, 6.45) is 2.23. The van der Waals surface area contributed by atoms with Crippen LogP contribution in [0, 0.1) is 0 Å². The minimum Gasteiger partial charge on any atom is -0.353 e. The fraction of sp³-hybridized carbons (Fsp3) is 1.00. The van der Waals surface area contributed by atoms with Gasteiger partial charge >= 0.3 is 0 Å². The topological polar surface area (TPSA) is 18.5 Å². The summed E-state index contributed by atoms with van der Waals surface area (Å²) in [5, 5.41) is 0.870. The molecule has 3 heteroatoms. The van der Waals surface area contributed by atoms with E-state index in [1.807, 2.05) is 6.92 Å². The Labute approximate surface area is 77.4 Å². The van der Waals surface area contributed by atoms with Gasteiger partial charge in [-0.25, -0.2) is 0 Å². The molecule has 0 radical (unpaired) electrons. The molecule has 68 valence electrons. The Balaban J connectivity index is 3.02. The van der Waals surface area contributed by atoms with Crippen LogP contribution in [-0.4, -0.2) is 24.8 Å². The fourth-order valence-electron chi connectivity index (χ4n) is 0.652. The Hall–Kier alpha value is 0.400. The molecule has 0 fully saturated rings. The molecule has 1 atom stereocenters. The number of hydrogen-bond acceptors (Lipinski definition) is 2. The molecule has 0 N–H and O–H groups in total. The lowest BCUT2D eigenvalue weighted by atomic mass is 10.4. The second-order valence-corrected chi connectivity index (χ2v) is 3.14. The lowest BCUT2D eigenvalue weighted by Gasteiger charge is -2.12. The van der Waals surface area contributed by atoms with Gasteiger partial charge in [0, 0.05) is 11.9 Å². The van der Waals surface area contributed by atoms with Crippen LogP contribution in [0.1, 0.15) is 26.7 Å². The minimum absolute atomic E-state index is 0.0564. The zero-order valence-corrected chi connectivity index (χ0v) is 8.89. The van der Waals surface area contributed by atoms with Crippen LogP contribution in [0.4, 0.5) is 0 Å². The number of alkyl halides is 1. The molecular weight excluding hydrogens is 208 g/mol. The van der Waals surface area contributed by atoms with E-state index >= 15 is 0 Å². The van der Waals surface area contributed by atoms with Crippen LogP contribution in [0.15, 0.2) is 0 Å². The Morgan fingerprint density at radius 3 is 2.45 bits per heavy atom. The lowest BCUT2D eigenvalue weighted by molar-refractivity contribution is -0.126. The first-order chi connectivity index (χ1) is 5.31. The minimum atomic E-state index is -0.0564. The van der Waals surface area contributed by atoms with Gasteiger partial charge in [-0.3, -0.25) is 0 Å². The maximum absolute atomic E-state index is 5.34. The number of ether oxygens (including phenoxy) is 2. The molecule has 0 spiro atoms. The van der Waals surface area contributed by atoms with Crippen LogP contribution < -0.4 is 0 Å². The summed E-state index contributed by atoms with van der Waals surface area (Å²) in [4.78, 5) is 0. The summed E-state index contributed by atoms with van der Waals surface area (Å²) < 4.78 is 10.6. The van der Waals surface area contributed by atoms with Crippen LogP contribution in [0.5, 0.6) is 0 Å². The normalized spacial score (nSPS) is 13.4. The zero-order chi connectivity index (χ0) is 8.53. The summed E-state index contributed by atoms with van der Waals surface area (Å²) >= 11 is 3.28. The van der Waals surface area contributed by atoms with Crippen LogP contribution in [-0.2, 0) is 9.47 Å². The maximum Gasteiger partial charge on any atom is 0.154 e. The van der Waals surface area contributed by atoms with Gasteiger partial charge in [-0.2, -0.15) is 0 Å². The Morgan fingerprint density at radius 2 is 1.91 bits per heavy atom. The van der Waals surface area contributed by atoms with Crippen LogP contribution in [0.25, 0.3) is 0 Å². The van der Waals surface area contributed by atoms with E-state index in [1.54, 1.807) is 0 Å². The molecule has 0 saturated heterocycles. The smallest absolute Gasteiger partial charge is 0.154 e. The van der Waals surface area contributed by atoms with Crippen LogP contribution in [0.2, 0.25) is 0 Å². The van der Waals surface area contributed by atoms with Crippen molar-refractivity contribution in [3.05, 3.63) is 0 Å². The summed E-state index contributed by atoms with van der Waals surface area (Å²) in [5.74, 6) is 0. The highest BCUT2D eigenvalue weighted by Crippen LogP contribution is 1.97. The molecule has 0 aliphatic heterocycles. The average Bonchev–Trinajstić information content (AvgIpc) is 2.01. The highest BCUT2D eigenvalue weighted by atomic mass is 79.9. The molecule has 0 aliphatic carbocycles. The molecule has 0 rings (SSSR count). The molecule has 0 amide bonds. The highest BCUT2D eigenvalue weighted by Gasteiger charge is 1.99. The van der Waals surface area contributed by atoms with Gasteiger partial charge in [-0.1, -0.05) is 29.3 Å². The van der Waals surface area contributed by atoms with E-state index in [0.717, 1.165) is 18.4 Å². The van der Waals surface area contributed by atoms with Crippen LogP contribution in [0.3, 0.4) is 0 Å². The molecular formula is C8H17BrO2. The SMILES string of the molecule is CCCCOC(C)OCCBr. The van der Waals surface area contributed by atoms with Gasteiger partial charge in [0.05, 0.1) is 6.61 Å². The van der Waals surface area contributed by atoms with Gasteiger partial charge in [-0.05, 0) is 13.3 Å². The van der Waals surface area contributed by atoms with Crippen molar-refractivity contribution in [3.8, 4) is 0 Å². The van der Waals surface area contributed by atoms with Crippen molar-refractivity contribution in [2.45, 2.75) is 33.0 Å². The van der Waals surface area contributed by atoms with Gasteiger partial charge in [0.15, 0.2) is 6.29 Å². The van der Waals surface area contributed by atoms with Gasteiger partial charge in [0.2, 0.25) is 0 Å². The number of unbranched alkanes of at least 4 members (excludes halogenated alkanes) is 1. The molecule has 0 aromatic rings. The molecule has 1 unspecified atom stereocenters. The summed E-state index contributed by atoms with van der Waals surface area (Å²) in [7, 11) is 0. The quantitative estimate of drug-likeness (QED) is 0.376. The maximum atomic E-state index is 5.34. The fourth-order valence-corrected chi connectivity index (χ4v) is 0.839. The van der Waals surface area contributed by atoms with Crippen molar-refractivity contribution in [2.75, 3.05) is 18.5 Å². The van der Waals surface area contributed by atoms with Crippen molar-refractivity contribution < 1.29 is 9.47 Å². The van der Waals surface area contributed by atoms with Crippen molar-refractivity contribution >= 4 is 15.9 Å². The highest BCUT2D eigenvalue weighted by molar-refractivity contribution is 9.09. The Bertz CT molecular complexity index is 78.5. The van der Waals surface area contributed by atoms with E-state index in [-0.39, 0.29) is 6.29 Å². The zero-order valence-electron chi connectivity index (χ0n) is 7.31. The van der Waals surface area contributed by atoms with E-state index in [2.05, 4.69) is 22.9 Å². The van der Waals surface area contributed by atoms with Crippen molar-refractivity contribution in [3.63, 3.8) is 0 Å². The summed E-state index contributed by atoms with van der Waals surface area (Å²) in [6, 6.07) is 0. The number of hydrogen-bond donors (Lipinski definition) is 0. The molecule has 11 heavy (non-hydrogen) atoms. The second-order valence-electron chi connectivity index (χ2n) is 2.35. The third-order valence-electron chi connectivity index (χ3n) is 1.28. The first-order valence-electron chi connectivity index (χ1n) is 4.10. The molecule has 0 aromatic heterocycles. The number of halogens is 1. The van der Waals surface area contributed by atoms with Crippen molar-refractivity contribution in [1.29, 1.82) is 0 Å². The first-order valence-corrected chi connectivity index (χ1v) is 5.22. The predicted molar refractivity (Wildman–Crippen MR) is 50.1 cm³/mol. The largest absolute Gasteiger partial charge is 0.353 e. The van der Waals surface area contributed by atoms with Crippen molar-refractivity contribution in [1.82, 2.24) is 0 Å². The third-order valence-corrected chi connectivity index (χ3v) is 1.60. The van der Waals surface area contributed by atoms with E-state index in [1.165, 1.54) is 6.42 Å². The second kappa shape index (κ2) is 8.50. The lowest BCUT2D eigenvalue weighted by Crippen LogP contribution is -2.14. The van der Waals surface area contributed by atoms with E-state index < -0.39 is 0 Å². The molecule has 0 aromatic carbocycles. The third kappa shape index (κ3) is 8.30. The van der Waals surface area contributed by atoms with Gasteiger partial charge in [0.1, 0.15) is 0 Å². The molecule has 0 bridgehead atoms. The summed E-state index contributed by atoms with van der Waals surface area (Å²) in [5.41, 5.74) is 0. The van der Waals surface area contributed by atoms with Crippen LogP contribution >= 0.6 is 15.9 Å². The van der Waals surface area contributed by atoms with E-state index in [0.29, 0.717) is 6.61 Å². The van der Waals surface area contributed by atoms with Gasteiger partial charge in [0.25, 0.3) is 0 Å². The Kier molecular flexibility index (Phi) is 8.81. The summed E-state index contributed by atoms with van der Waals surface area (Å²) in [6.45, 7) is 5.60. The van der Waals surface area contributed by atoms with E-state index in [4.69, 9.17) is 9.47 Å². The average molecular weight is 225 g/mol.